The Morgan fingerprint density at radius 2 is 1.86 bits per heavy atom. The number of anilines is 1. The number of aliphatic hydroxyl groups is 1. The van der Waals surface area contributed by atoms with E-state index in [1.807, 2.05) is 13.8 Å². The molecule has 8 heteroatoms. The van der Waals surface area contributed by atoms with Gasteiger partial charge >= 0.3 is 0 Å². The number of ether oxygens (including phenoxy) is 1. The molecule has 0 atom stereocenters. The molecule has 0 radical (unpaired) electrons. The quantitative estimate of drug-likeness (QED) is 0.758. The van der Waals surface area contributed by atoms with E-state index in [9.17, 15) is 5.11 Å². The van der Waals surface area contributed by atoms with E-state index < -0.39 is 5.60 Å². The molecule has 154 valence electrons. The number of hydrogen-bond donors (Lipinski definition) is 1. The number of nitrogens with zero attached hydrogens (tertiary/aromatic N) is 4. The molecule has 2 aliphatic rings. The summed E-state index contributed by atoms with van der Waals surface area (Å²) < 4.78 is 6.62. The van der Waals surface area contributed by atoms with E-state index in [4.69, 9.17) is 16.3 Å². The average molecular weight is 425 g/mol. The number of halogens is 1. The fourth-order valence-electron chi connectivity index (χ4n) is 4.23. The fraction of sp³-hybridized carbons (Fsp3) is 0.700. The van der Waals surface area contributed by atoms with Gasteiger partial charge in [-0.15, -0.1) is 11.3 Å². The Morgan fingerprint density at radius 1 is 1.18 bits per heavy atom. The summed E-state index contributed by atoms with van der Waals surface area (Å²) in [6.07, 6.45) is 2.08. The van der Waals surface area contributed by atoms with E-state index in [2.05, 4.69) is 26.7 Å². The summed E-state index contributed by atoms with van der Waals surface area (Å²) in [7, 11) is 0. The lowest BCUT2D eigenvalue weighted by Gasteiger charge is -2.37. The molecule has 2 aliphatic heterocycles. The summed E-state index contributed by atoms with van der Waals surface area (Å²) in [5, 5.41) is 10.6. The van der Waals surface area contributed by atoms with Crippen molar-refractivity contribution in [3.63, 3.8) is 0 Å². The molecule has 4 rings (SSSR count). The third-order valence-corrected chi connectivity index (χ3v) is 7.51. The Morgan fingerprint density at radius 3 is 2.50 bits per heavy atom. The number of aromatic nitrogens is 2. The van der Waals surface area contributed by atoms with Crippen molar-refractivity contribution in [1.82, 2.24) is 14.9 Å². The summed E-state index contributed by atoms with van der Waals surface area (Å²) in [5.41, 5.74) is 1.61. The van der Waals surface area contributed by atoms with E-state index >= 15 is 0 Å². The number of likely N-dealkylation sites (tertiary alicyclic amines) is 1. The maximum absolute atomic E-state index is 10.3. The molecule has 0 spiro atoms. The highest BCUT2D eigenvalue weighted by atomic mass is 35.5. The minimum Gasteiger partial charge on any atom is -0.390 e. The van der Waals surface area contributed by atoms with E-state index in [0.717, 1.165) is 74.8 Å². The Kier molecular flexibility index (Phi) is 5.82. The largest absolute Gasteiger partial charge is 0.390 e. The topological polar surface area (TPSA) is 61.7 Å². The number of fused-ring (bicyclic) bond motifs is 1. The molecule has 2 fully saturated rings. The molecule has 4 heterocycles. The third kappa shape index (κ3) is 4.14. The number of thiophene rings is 1. The Balaban J connectivity index is 1.56. The number of aryl methyl sites for hydroxylation is 1. The molecule has 0 aliphatic carbocycles. The van der Waals surface area contributed by atoms with Gasteiger partial charge in [-0.1, -0.05) is 0 Å². The Hall–Kier alpha value is -0.990. The first-order valence-corrected chi connectivity index (χ1v) is 11.3. The van der Waals surface area contributed by atoms with Gasteiger partial charge in [0.25, 0.3) is 0 Å². The molecule has 0 aromatic carbocycles. The minimum absolute atomic E-state index is 0.312. The number of hydrogen-bond acceptors (Lipinski definition) is 7. The van der Waals surface area contributed by atoms with E-state index in [-0.39, 0.29) is 0 Å². The van der Waals surface area contributed by atoms with Gasteiger partial charge in [0.05, 0.1) is 29.0 Å². The van der Waals surface area contributed by atoms with Crippen molar-refractivity contribution in [2.75, 3.05) is 44.3 Å². The molecular weight excluding hydrogens is 396 g/mol. The summed E-state index contributed by atoms with van der Waals surface area (Å²) in [4.78, 5) is 15.2. The van der Waals surface area contributed by atoms with Crippen molar-refractivity contribution in [1.29, 1.82) is 0 Å². The van der Waals surface area contributed by atoms with Gasteiger partial charge < -0.3 is 14.7 Å². The average Bonchev–Trinajstić information content (AvgIpc) is 2.97. The summed E-state index contributed by atoms with van der Waals surface area (Å²) in [5.74, 6) is 1.32. The van der Waals surface area contributed by atoms with Crippen LogP contribution in [0.4, 0.5) is 5.82 Å². The molecule has 0 saturated carbocycles. The van der Waals surface area contributed by atoms with Gasteiger partial charge in [-0.25, -0.2) is 4.98 Å². The van der Waals surface area contributed by atoms with Gasteiger partial charge in [-0.05, 0) is 69.8 Å². The molecule has 0 amide bonds. The van der Waals surface area contributed by atoms with Crippen LogP contribution in [0.1, 0.15) is 37.1 Å². The second-order valence-corrected chi connectivity index (χ2v) is 9.89. The normalized spacial score (nSPS) is 20.2. The Labute approximate surface area is 175 Å². The monoisotopic (exact) mass is 424 g/mol. The molecule has 28 heavy (non-hydrogen) atoms. The lowest BCUT2D eigenvalue weighted by Crippen LogP contribution is -2.41. The highest BCUT2D eigenvalue weighted by Gasteiger charge is 2.31. The number of rotatable bonds is 4. The molecule has 0 unspecified atom stereocenters. The maximum Gasteiger partial charge on any atom is 0.224 e. The predicted molar refractivity (Wildman–Crippen MR) is 114 cm³/mol. The molecular formula is C20H29ClN4O2S. The zero-order valence-electron chi connectivity index (χ0n) is 16.9. The molecule has 6 nitrogen and oxygen atoms in total. The zero-order valence-corrected chi connectivity index (χ0v) is 18.4. The lowest BCUT2D eigenvalue weighted by molar-refractivity contribution is -0.0135. The fourth-order valence-corrected chi connectivity index (χ4v) is 5.70. The molecule has 2 aromatic heterocycles. The second kappa shape index (κ2) is 8.03. The van der Waals surface area contributed by atoms with Crippen LogP contribution in [0.15, 0.2) is 0 Å². The van der Waals surface area contributed by atoms with Crippen LogP contribution in [0.25, 0.3) is 10.2 Å². The second-order valence-electron chi connectivity index (χ2n) is 8.45. The molecule has 2 saturated heterocycles. The van der Waals surface area contributed by atoms with E-state index in [0.29, 0.717) is 11.2 Å². The molecule has 0 bridgehead atoms. The first-order valence-electron chi connectivity index (χ1n) is 10.1. The van der Waals surface area contributed by atoms with Crippen LogP contribution in [0, 0.1) is 12.8 Å². The molecule has 1 N–H and O–H groups in total. The van der Waals surface area contributed by atoms with Gasteiger partial charge in [-0.3, -0.25) is 4.90 Å². The summed E-state index contributed by atoms with van der Waals surface area (Å²) >= 11 is 8.06. The lowest BCUT2D eigenvalue weighted by atomic mass is 9.83. The van der Waals surface area contributed by atoms with Crippen molar-refractivity contribution >= 4 is 39.0 Å². The van der Waals surface area contributed by atoms with Crippen LogP contribution in [-0.2, 0) is 11.3 Å². The SMILES string of the molecule is Cc1c(CN2CCC(C(C)(C)O)CC2)sc2c(N3CCOCC3)nc(Cl)nc12. The predicted octanol–water partition coefficient (Wildman–Crippen LogP) is 3.47. The van der Waals surface area contributed by atoms with Crippen molar-refractivity contribution in [2.24, 2.45) is 5.92 Å². The maximum atomic E-state index is 10.3. The number of morpholine rings is 1. The van der Waals surface area contributed by atoms with Crippen LogP contribution in [0.3, 0.4) is 0 Å². The first kappa shape index (κ1) is 20.3. The summed E-state index contributed by atoms with van der Waals surface area (Å²) in [6.45, 7) is 12.1. The zero-order chi connectivity index (χ0) is 19.9. The number of piperidine rings is 1. The van der Waals surface area contributed by atoms with E-state index in [1.54, 1.807) is 11.3 Å². The van der Waals surface area contributed by atoms with Crippen molar-refractivity contribution in [2.45, 2.75) is 45.8 Å². The van der Waals surface area contributed by atoms with Crippen LogP contribution in [0.2, 0.25) is 5.28 Å². The van der Waals surface area contributed by atoms with Crippen LogP contribution in [-0.4, -0.2) is 65.0 Å². The summed E-state index contributed by atoms with van der Waals surface area (Å²) in [6, 6.07) is 0. The van der Waals surface area contributed by atoms with Gasteiger partial charge in [-0.2, -0.15) is 4.98 Å². The van der Waals surface area contributed by atoms with Gasteiger partial charge in [0, 0.05) is 24.5 Å². The standard InChI is InChI=1S/C20H29ClN4O2S/c1-13-15(12-24-6-4-14(5-7-24)20(2,3)26)28-17-16(13)22-19(21)23-18(17)25-8-10-27-11-9-25/h14,26H,4-12H2,1-3H3. The van der Waals surface area contributed by atoms with Crippen LogP contribution < -0.4 is 4.90 Å². The van der Waals surface area contributed by atoms with Gasteiger partial charge in [0.1, 0.15) is 0 Å². The highest BCUT2D eigenvalue weighted by molar-refractivity contribution is 7.19. The smallest absolute Gasteiger partial charge is 0.224 e. The van der Waals surface area contributed by atoms with Gasteiger partial charge in [0.15, 0.2) is 5.82 Å². The van der Waals surface area contributed by atoms with Crippen molar-refractivity contribution in [3.05, 3.63) is 15.7 Å². The van der Waals surface area contributed by atoms with Crippen molar-refractivity contribution in [3.8, 4) is 0 Å². The third-order valence-electron chi connectivity index (χ3n) is 6.08. The first-order chi connectivity index (χ1) is 13.3. The Bertz CT molecular complexity index is 837. The molecule has 2 aromatic rings. The van der Waals surface area contributed by atoms with Crippen LogP contribution in [0.5, 0.6) is 0 Å². The minimum atomic E-state index is -0.584. The van der Waals surface area contributed by atoms with Crippen molar-refractivity contribution < 1.29 is 9.84 Å². The van der Waals surface area contributed by atoms with Gasteiger partial charge in [0.2, 0.25) is 5.28 Å². The highest BCUT2D eigenvalue weighted by Crippen LogP contribution is 2.38. The van der Waals surface area contributed by atoms with E-state index in [1.165, 1.54) is 10.4 Å². The van der Waals surface area contributed by atoms with Crippen LogP contribution >= 0.6 is 22.9 Å².